The molecule has 1 unspecified atom stereocenters. The number of benzene rings is 1. The van der Waals surface area contributed by atoms with Crippen LogP contribution in [0.1, 0.15) is 68.7 Å². The number of hydrogen-bond donors (Lipinski definition) is 1. The fourth-order valence-electron chi connectivity index (χ4n) is 3.88. The first kappa shape index (κ1) is 22.6. The summed E-state index contributed by atoms with van der Waals surface area (Å²) in [5, 5.41) is 14.0. The normalized spacial score (nSPS) is 19.8. The van der Waals surface area contributed by atoms with Crippen molar-refractivity contribution < 1.29 is 13.8 Å². The summed E-state index contributed by atoms with van der Waals surface area (Å²) in [5.74, 6) is 0.0516. The molecule has 2 atom stereocenters. The van der Waals surface area contributed by atoms with E-state index >= 15 is 0 Å². The highest BCUT2D eigenvalue weighted by Gasteiger charge is 2.31. The number of aromatic nitrogens is 1. The molecule has 2 aromatic rings. The molecule has 32 heavy (non-hydrogen) atoms. The number of carbonyl (C=O) groups excluding carboxylic acids is 2. The summed E-state index contributed by atoms with van der Waals surface area (Å²) in [6.07, 6.45) is 5.57. The van der Waals surface area contributed by atoms with Crippen molar-refractivity contribution in [2.24, 2.45) is 5.92 Å². The first-order valence-corrected chi connectivity index (χ1v) is 12.9. The molecule has 2 fully saturated rings. The zero-order valence-electron chi connectivity index (χ0n) is 18.1. The standard InChI is InChI=1S/C24H25N3O3S2/c1-14(2)20-11-16(4-8-22(20)32(30)19-6-7-19)21(10-15-3-5-18(28)9-15)23(29)27-24-26-17(12-25)13-31-24/h4,8,10-11,13-15,19H,3,5-7,9H2,1-2H3,(H,26,27,29)/b21-10+/t15-,32?/m0/s1. The third kappa shape index (κ3) is 5.05. The summed E-state index contributed by atoms with van der Waals surface area (Å²) < 4.78 is 12.9. The summed E-state index contributed by atoms with van der Waals surface area (Å²) >= 11 is 1.20. The van der Waals surface area contributed by atoms with Gasteiger partial charge in [-0.05, 0) is 54.4 Å². The van der Waals surface area contributed by atoms with E-state index in [1.54, 1.807) is 5.38 Å². The molecule has 0 saturated heterocycles. The SMILES string of the molecule is CC(C)c1cc(/C(=C\[C@H]2CCC(=O)C2)C(=O)Nc2nc(C#N)cs2)ccc1S(=O)C1CC1. The van der Waals surface area contributed by atoms with Crippen molar-refractivity contribution in [3.63, 3.8) is 0 Å². The largest absolute Gasteiger partial charge is 0.300 e. The number of nitrogens with one attached hydrogen (secondary N) is 1. The van der Waals surface area contributed by atoms with Crippen LogP contribution in [-0.4, -0.2) is 26.1 Å². The third-order valence-corrected chi connectivity index (χ3v) is 8.40. The van der Waals surface area contributed by atoms with Crippen molar-refractivity contribution in [3.05, 3.63) is 46.5 Å². The van der Waals surface area contributed by atoms with Gasteiger partial charge in [-0.15, -0.1) is 11.3 Å². The van der Waals surface area contributed by atoms with Crippen molar-refractivity contribution >= 4 is 44.5 Å². The van der Waals surface area contributed by atoms with E-state index in [-0.39, 0.29) is 34.5 Å². The van der Waals surface area contributed by atoms with E-state index in [0.29, 0.717) is 23.5 Å². The van der Waals surface area contributed by atoms with Crippen LogP contribution in [0.2, 0.25) is 0 Å². The van der Waals surface area contributed by atoms with Gasteiger partial charge < -0.3 is 0 Å². The van der Waals surface area contributed by atoms with Crippen LogP contribution in [0.25, 0.3) is 5.57 Å². The van der Waals surface area contributed by atoms with E-state index < -0.39 is 10.8 Å². The highest BCUT2D eigenvalue weighted by Crippen LogP contribution is 2.36. The summed E-state index contributed by atoms with van der Waals surface area (Å²) in [5.41, 5.74) is 2.45. The van der Waals surface area contributed by atoms with Crippen LogP contribution < -0.4 is 5.32 Å². The number of amides is 1. The van der Waals surface area contributed by atoms with Gasteiger partial charge in [-0.3, -0.25) is 19.1 Å². The summed E-state index contributed by atoms with van der Waals surface area (Å²) in [6.45, 7) is 4.12. The molecule has 1 aromatic carbocycles. The number of nitriles is 1. The van der Waals surface area contributed by atoms with Crippen molar-refractivity contribution in [1.82, 2.24) is 4.98 Å². The molecule has 1 N–H and O–H groups in total. The summed E-state index contributed by atoms with van der Waals surface area (Å²) in [4.78, 5) is 30.0. The lowest BCUT2D eigenvalue weighted by atomic mass is 9.94. The van der Waals surface area contributed by atoms with Crippen LogP contribution in [0.3, 0.4) is 0 Å². The lowest BCUT2D eigenvalue weighted by Crippen LogP contribution is -2.15. The number of thiazole rings is 1. The van der Waals surface area contributed by atoms with Gasteiger partial charge in [0.1, 0.15) is 11.9 Å². The van der Waals surface area contributed by atoms with Crippen molar-refractivity contribution in [2.45, 2.75) is 62.0 Å². The predicted molar refractivity (Wildman–Crippen MR) is 126 cm³/mol. The molecule has 0 aliphatic heterocycles. The van der Waals surface area contributed by atoms with Gasteiger partial charge in [0.15, 0.2) is 10.8 Å². The molecular weight excluding hydrogens is 442 g/mol. The lowest BCUT2D eigenvalue weighted by Gasteiger charge is -2.16. The molecule has 2 aliphatic carbocycles. The number of carbonyl (C=O) groups is 2. The predicted octanol–water partition coefficient (Wildman–Crippen LogP) is 4.80. The van der Waals surface area contributed by atoms with Crippen LogP contribution in [0.15, 0.2) is 34.6 Å². The summed E-state index contributed by atoms with van der Waals surface area (Å²) in [6, 6.07) is 7.67. The molecule has 2 saturated carbocycles. The Bertz CT molecular complexity index is 1160. The van der Waals surface area contributed by atoms with Gasteiger partial charge in [-0.25, -0.2) is 4.98 Å². The molecule has 1 aromatic heterocycles. The Kier molecular flexibility index (Phi) is 6.68. The maximum Gasteiger partial charge on any atom is 0.257 e. The van der Waals surface area contributed by atoms with E-state index in [2.05, 4.69) is 24.1 Å². The van der Waals surface area contributed by atoms with Gasteiger partial charge in [0.2, 0.25) is 0 Å². The number of nitrogens with zero attached hydrogens (tertiary/aromatic N) is 2. The minimum Gasteiger partial charge on any atom is -0.300 e. The number of anilines is 1. The number of ketones is 1. The van der Waals surface area contributed by atoms with E-state index in [1.165, 1.54) is 11.3 Å². The zero-order chi connectivity index (χ0) is 22.8. The molecule has 0 radical (unpaired) electrons. The van der Waals surface area contributed by atoms with Gasteiger partial charge in [0.25, 0.3) is 5.91 Å². The van der Waals surface area contributed by atoms with E-state index in [0.717, 1.165) is 35.3 Å². The highest BCUT2D eigenvalue weighted by atomic mass is 32.2. The second kappa shape index (κ2) is 9.47. The number of allylic oxidation sites excluding steroid dienone is 1. The zero-order valence-corrected chi connectivity index (χ0v) is 19.7. The van der Waals surface area contributed by atoms with E-state index in [1.807, 2.05) is 30.3 Å². The molecule has 1 amide bonds. The highest BCUT2D eigenvalue weighted by molar-refractivity contribution is 7.86. The molecule has 0 bridgehead atoms. The number of hydrogen-bond acceptors (Lipinski definition) is 6. The van der Waals surface area contributed by atoms with Crippen LogP contribution in [-0.2, 0) is 20.4 Å². The molecule has 166 valence electrons. The Labute approximate surface area is 194 Å². The monoisotopic (exact) mass is 467 g/mol. The Morgan fingerprint density at radius 3 is 2.72 bits per heavy atom. The Balaban J connectivity index is 1.70. The van der Waals surface area contributed by atoms with Gasteiger partial charge >= 0.3 is 0 Å². The Morgan fingerprint density at radius 2 is 2.12 bits per heavy atom. The Morgan fingerprint density at radius 1 is 1.34 bits per heavy atom. The number of rotatable bonds is 7. The molecule has 1 heterocycles. The molecule has 2 aliphatic rings. The van der Waals surface area contributed by atoms with E-state index in [9.17, 15) is 13.8 Å². The first-order valence-electron chi connectivity index (χ1n) is 10.8. The lowest BCUT2D eigenvalue weighted by molar-refractivity contribution is -0.117. The van der Waals surface area contributed by atoms with Crippen LogP contribution in [0.5, 0.6) is 0 Å². The van der Waals surface area contributed by atoms with Crippen molar-refractivity contribution in [3.8, 4) is 6.07 Å². The average molecular weight is 468 g/mol. The quantitative estimate of drug-likeness (QED) is 0.590. The van der Waals surface area contributed by atoms with Crippen LogP contribution >= 0.6 is 11.3 Å². The van der Waals surface area contributed by atoms with Gasteiger partial charge in [0.05, 0.1) is 10.8 Å². The number of Topliss-reactive ketones (excluding diaryl/α,β-unsaturated/α-hetero) is 1. The Hall–Kier alpha value is -2.63. The molecule has 8 heteroatoms. The van der Waals surface area contributed by atoms with Gasteiger partial charge in [-0.1, -0.05) is 26.0 Å². The molecule has 0 spiro atoms. The topological polar surface area (TPSA) is 99.9 Å². The third-order valence-electron chi connectivity index (χ3n) is 5.76. The fourth-order valence-corrected chi connectivity index (χ4v) is 6.17. The molecule has 4 rings (SSSR count). The van der Waals surface area contributed by atoms with Crippen molar-refractivity contribution in [2.75, 3.05) is 5.32 Å². The first-order chi connectivity index (χ1) is 15.4. The average Bonchev–Trinajstić information content (AvgIpc) is 3.40. The minimum atomic E-state index is -1.03. The fraction of sp³-hybridized carbons (Fsp3) is 0.417. The second-order valence-corrected chi connectivity index (χ2v) is 11.2. The summed E-state index contributed by atoms with van der Waals surface area (Å²) in [7, 11) is -1.03. The molecular formula is C24H25N3O3S2. The molecule has 6 nitrogen and oxygen atoms in total. The smallest absolute Gasteiger partial charge is 0.257 e. The van der Waals surface area contributed by atoms with Crippen molar-refractivity contribution in [1.29, 1.82) is 5.26 Å². The maximum atomic E-state index is 13.3. The van der Waals surface area contributed by atoms with Crippen LogP contribution in [0, 0.1) is 17.2 Å². The van der Waals surface area contributed by atoms with Crippen LogP contribution in [0.4, 0.5) is 5.13 Å². The van der Waals surface area contributed by atoms with E-state index in [4.69, 9.17) is 5.26 Å². The minimum absolute atomic E-state index is 0.0111. The maximum absolute atomic E-state index is 13.3. The second-order valence-electron chi connectivity index (χ2n) is 8.63. The van der Waals surface area contributed by atoms with Gasteiger partial charge in [-0.2, -0.15) is 5.26 Å². The van der Waals surface area contributed by atoms with Gasteiger partial charge in [0, 0.05) is 33.9 Å².